The van der Waals surface area contributed by atoms with Crippen LogP contribution in [0.4, 0.5) is 0 Å². The van der Waals surface area contributed by atoms with E-state index in [1.807, 2.05) is 23.5 Å². The molecule has 0 radical (unpaired) electrons. The summed E-state index contributed by atoms with van der Waals surface area (Å²) >= 11 is 7.15. The summed E-state index contributed by atoms with van der Waals surface area (Å²) in [5.74, 6) is 3.50. The van der Waals surface area contributed by atoms with Crippen molar-refractivity contribution in [1.29, 1.82) is 0 Å². The fourth-order valence-electron chi connectivity index (χ4n) is 1.47. The molecule has 1 atom stereocenters. The largest absolute Gasteiger partial charge is 0.351 e. The van der Waals surface area contributed by atoms with Crippen molar-refractivity contribution < 1.29 is 4.79 Å². The smallest absolute Gasteiger partial charge is 0.252 e. The maximum Gasteiger partial charge on any atom is 0.252 e. The molecule has 1 aromatic rings. The molecule has 1 fully saturated rings. The van der Waals surface area contributed by atoms with Gasteiger partial charge in [0.25, 0.3) is 5.91 Å². The summed E-state index contributed by atoms with van der Waals surface area (Å²) in [4.78, 5) is 15.9. The second-order valence-corrected chi connectivity index (χ2v) is 7.02. The van der Waals surface area contributed by atoms with Crippen LogP contribution in [0.2, 0.25) is 0 Å². The lowest BCUT2D eigenvalue weighted by Crippen LogP contribution is -2.33. The lowest BCUT2D eigenvalue weighted by molar-refractivity contribution is 0.0954. The Hall–Kier alpha value is -0.200. The lowest BCUT2D eigenvalue weighted by Gasteiger charge is -2.21. The average Bonchev–Trinajstić information content (AvgIpc) is 2.38. The number of carbonyl (C=O) groups excluding carboxylic acids is 1. The van der Waals surface area contributed by atoms with Gasteiger partial charge in [0, 0.05) is 35.3 Å². The number of amides is 1. The Morgan fingerprint density at radius 1 is 1.53 bits per heavy atom. The first-order chi connectivity index (χ1) is 8.25. The van der Waals surface area contributed by atoms with E-state index in [-0.39, 0.29) is 5.91 Å². The van der Waals surface area contributed by atoms with Gasteiger partial charge in [0.1, 0.15) is 4.60 Å². The highest BCUT2D eigenvalue weighted by molar-refractivity contribution is 9.10. The molecule has 1 N–H and O–H groups in total. The van der Waals surface area contributed by atoms with Crippen molar-refractivity contribution >= 4 is 45.4 Å². The van der Waals surface area contributed by atoms with Crippen molar-refractivity contribution in [2.75, 3.05) is 23.8 Å². The van der Waals surface area contributed by atoms with Gasteiger partial charge in [0.2, 0.25) is 0 Å². The monoisotopic (exact) mass is 332 g/mol. The van der Waals surface area contributed by atoms with Gasteiger partial charge in [0.05, 0.1) is 5.56 Å². The molecule has 0 aliphatic carbocycles. The minimum absolute atomic E-state index is 0.0406. The molecule has 2 heterocycles. The summed E-state index contributed by atoms with van der Waals surface area (Å²) in [5.41, 5.74) is 0.613. The Morgan fingerprint density at radius 3 is 3.06 bits per heavy atom. The number of nitrogens with one attached hydrogen (secondary N) is 1. The molecule has 2 rings (SSSR count). The first-order valence-electron chi connectivity index (χ1n) is 5.35. The first kappa shape index (κ1) is 13.2. The first-order valence-corrected chi connectivity index (χ1v) is 8.34. The summed E-state index contributed by atoms with van der Waals surface area (Å²) in [6.07, 6.45) is 1.59. The van der Waals surface area contributed by atoms with Crippen molar-refractivity contribution in [2.24, 2.45) is 0 Å². The van der Waals surface area contributed by atoms with Crippen LogP contribution in [0.25, 0.3) is 0 Å². The van der Waals surface area contributed by atoms with Crippen LogP contribution < -0.4 is 5.32 Å². The van der Waals surface area contributed by atoms with E-state index in [0.29, 0.717) is 10.8 Å². The molecule has 3 nitrogen and oxygen atoms in total. The Labute approximate surface area is 118 Å². The maximum absolute atomic E-state index is 11.8. The number of carbonyl (C=O) groups is 1. The van der Waals surface area contributed by atoms with E-state index in [2.05, 4.69) is 26.2 Å². The number of pyridine rings is 1. The number of thioether (sulfide) groups is 2. The zero-order valence-electron chi connectivity index (χ0n) is 9.19. The summed E-state index contributed by atoms with van der Waals surface area (Å²) in [6.45, 7) is 0.743. The number of nitrogens with zero attached hydrogens (tertiary/aromatic N) is 1. The topological polar surface area (TPSA) is 42.0 Å². The Bertz CT molecular complexity index is 380. The van der Waals surface area contributed by atoms with Crippen LogP contribution in [-0.2, 0) is 0 Å². The van der Waals surface area contributed by atoms with E-state index < -0.39 is 0 Å². The minimum Gasteiger partial charge on any atom is -0.351 e. The van der Waals surface area contributed by atoms with Gasteiger partial charge >= 0.3 is 0 Å². The zero-order chi connectivity index (χ0) is 12.1. The van der Waals surface area contributed by atoms with Gasteiger partial charge < -0.3 is 5.32 Å². The molecule has 6 heteroatoms. The van der Waals surface area contributed by atoms with Gasteiger partial charge in [-0.3, -0.25) is 4.79 Å². The van der Waals surface area contributed by atoms with E-state index in [4.69, 9.17) is 0 Å². The Kier molecular flexibility index (Phi) is 5.18. The van der Waals surface area contributed by atoms with E-state index in [1.165, 1.54) is 11.5 Å². The average molecular weight is 333 g/mol. The third-order valence-corrected chi connectivity index (χ3v) is 5.68. The normalized spacial score (nSPS) is 19.9. The minimum atomic E-state index is -0.0406. The third kappa shape index (κ3) is 4.19. The fourth-order valence-corrected chi connectivity index (χ4v) is 4.32. The second-order valence-electron chi connectivity index (χ2n) is 3.65. The van der Waals surface area contributed by atoms with Crippen LogP contribution >= 0.6 is 39.5 Å². The fraction of sp³-hybridized carbons (Fsp3) is 0.455. The SMILES string of the molecule is O=C(NCC1CSCCS1)c1ccc(Br)nc1. The molecule has 0 spiro atoms. The third-order valence-electron chi connectivity index (χ3n) is 2.36. The molecule has 1 aliphatic rings. The zero-order valence-corrected chi connectivity index (χ0v) is 12.4. The predicted octanol–water partition coefficient (Wildman–Crippen LogP) is 2.42. The number of halogens is 1. The molecular formula is C11H13BrN2OS2. The van der Waals surface area contributed by atoms with Crippen LogP contribution in [0.3, 0.4) is 0 Å². The molecule has 0 aromatic carbocycles. The lowest BCUT2D eigenvalue weighted by atomic mass is 10.2. The van der Waals surface area contributed by atoms with Crippen LogP contribution in [-0.4, -0.2) is 39.9 Å². The predicted molar refractivity (Wildman–Crippen MR) is 77.8 cm³/mol. The molecule has 1 saturated heterocycles. The van der Waals surface area contributed by atoms with Crippen molar-refractivity contribution in [3.63, 3.8) is 0 Å². The highest BCUT2D eigenvalue weighted by Gasteiger charge is 2.15. The van der Waals surface area contributed by atoms with Crippen molar-refractivity contribution in [3.8, 4) is 0 Å². The standard InChI is InChI=1S/C11H13BrN2OS2/c12-10-2-1-8(5-13-10)11(15)14-6-9-7-16-3-4-17-9/h1-2,5,9H,3-4,6-7H2,(H,14,15). The van der Waals surface area contributed by atoms with Gasteiger partial charge in [-0.15, -0.1) is 0 Å². The van der Waals surface area contributed by atoms with E-state index in [9.17, 15) is 4.79 Å². The van der Waals surface area contributed by atoms with Gasteiger partial charge in [-0.25, -0.2) is 4.98 Å². The quantitative estimate of drug-likeness (QED) is 0.863. The van der Waals surface area contributed by atoms with Crippen molar-refractivity contribution in [3.05, 3.63) is 28.5 Å². The maximum atomic E-state index is 11.8. The van der Waals surface area contributed by atoms with Crippen molar-refractivity contribution in [2.45, 2.75) is 5.25 Å². The van der Waals surface area contributed by atoms with Crippen LogP contribution in [0, 0.1) is 0 Å². The van der Waals surface area contributed by atoms with E-state index in [0.717, 1.165) is 16.9 Å². The van der Waals surface area contributed by atoms with E-state index in [1.54, 1.807) is 18.3 Å². The van der Waals surface area contributed by atoms with Crippen molar-refractivity contribution in [1.82, 2.24) is 10.3 Å². The highest BCUT2D eigenvalue weighted by Crippen LogP contribution is 2.23. The molecule has 1 amide bonds. The van der Waals surface area contributed by atoms with Gasteiger partial charge in [-0.05, 0) is 28.1 Å². The van der Waals surface area contributed by atoms with Gasteiger partial charge in [-0.2, -0.15) is 23.5 Å². The Morgan fingerprint density at radius 2 is 2.41 bits per heavy atom. The van der Waals surface area contributed by atoms with Crippen LogP contribution in [0.15, 0.2) is 22.9 Å². The van der Waals surface area contributed by atoms with Gasteiger partial charge in [-0.1, -0.05) is 0 Å². The molecule has 0 bridgehead atoms. The number of rotatable bonds is 3. The molecule has 1 aliphatic heterocycles. The van der Waals surface area contributed by atoms with Crippen LogP contribution in [0.5, 0.6) is 0 Å². The Balaban J connectivity index is 1.82. The molecular weight excluding hydrogens is 320 g/mol. The summed E-state index contributed by atoms with van der Waals surface area (Å²) < 4.78 is 0.744. The molecule has 0 saturated carbocycles. The molecule has 92 valence electrons. The second kappa shape index (κ2) is 6.66. The summed E-state index contributed by atoms with van der Waals surface area (Å²) in [6, 6.07) is 3.55. The summed E-state index contributed by atoms with van der Waals surface area (Å²) in [7, 11) is 0. The number of hydrogen-bond acceptors (Lipinski definition) is 4. The molecule has 17 heavy (non-hydrogen) atoms. The van der Waals surface area contributed by atoms with Crippen LogP contribution in [0.1, 0.15) is 10.4 Å². The molecule has 1 aromatic heterocycles. The molecule has 1 unspecified atom stereocenters. The van der Waals surface area contributed by atoms with Gasteiger partial charge in [0.15, 0.2) is 0 Å². The number of hydrogen-bond donors (Lipinski definition) is 1. The highest BCUT2D eigenvalue weighted by atomic mass is 79.9. The van der Waals surface area contributed by atoms with E-state index >= 15 is 0 Å². The number of aromatic nitrogens is 1. The summed E-state index contributed by atoms with van der Waals surface area (Å²) in [5, 5.41) is 3.50.